The summed E-state index contributed by atoms with van der Waals surface area (Å²) in [6, 6.07) is 0. The molecule has 0 spiro atoms. The summed E-state index contributed by atoms with van der Waals surface area (Å²) in [5.74, 6) is 0. The van der Waals surface area contributed by atoms with Gasteiger partial charge in [0.1, 0.15) is 0 Å². The molecule has 1 atom stereocenters. The number of ether oxygens (including phenoxy) is 1. The zero-order valence-corrected chi connectivity index (χ0v) is 9.71. The van der Waals surface area contributed by atoms with Crippen LogP contribution in [-0.2, 0) is 4.74 Å². The summed E-state index contributed by atoms with van der Waals surface area (Å²) in [6.07, 6.45) is 8.74. The van der Waals surface area contributed by atoms with Crippen LogP contribution < -0.4 is 5.32 Å². The van der Waals surface area contributed by atoms with Crippen LogP contribution in [0.3, 0.4) is 0 Å². The van der Waals surface area contributed by atoms with Crippen LogP contribution in [0.4, 0.5) is 0 Å². The van der Waals surface area contributed by atoms with Crippen LogP contribution >= 0.6 is 0 Å². The zero-order chi connectivity index (χ0) is 10.8. The maximum absolute atomic E-state index is 8.60. The predicted octanol–water partition coefficient (Wildman–Crippen LogP) is 1.70. The quantitative estimate of drug-likeness (QED) is 0.575. The molecule has 3 heteroatoms. The van der Waals surface area contributed by atoms with E-state index in [9.17, 15) is 0 Å². The van der Waals surface area contributed by atoms with Gasteiger partial charge in [-0.15, -0.1) is 0 Å². The lowest BCUT2D eigenvalue weighted by Gasteiger charge is -2.09. The molecular weight excluding hydrogens is 190 g/mol. The van der Waals surface area contributed by atoms with Crippen LogP contribution in [0.15, 0.2) is 0 Å². The summed E-state index contributed by atoms with van der Waals surface area (Å²) >= 11 is 0. The molecule has 0 aromatic heterocycles. The first kappa shape index (κ1) is 12.9. The van der Waals surface area contributed by atoms with E-state index in [4.69, 9.17) is 9.84 Å². The number of aliphatic hydroxyl groups is 1. The maximum atomic E-state index is 8.60. The van der Waals surface area contributed by atoms with Gasteiger partial charge in [-0.05, 0) is 45.2 Å². The van der Waals surface area contributed by atoms with E-state index < -0.39 is 0 Å². The Morgan fingerprint density at radius 2 is 2.00 bits per heavy atom. The van der Waals surface area contributed by atoms with Gasteiger partial charge in [-0.2, -0.15) is 0 Å². The molecule has 15 heavy (non-hydrogen) atoms. The van der Waals surface area contributed by atoms with Gasteiger partial charge in [-0.1, -0.05) is 12.8 Å². The van der Waals surface area contributed by atoms with Gasteiger partial charge in [0, 0.05) is 13.2 Å². The molecular formula is C12H25NO2. The highest BCUT2D eigenvalue weighted by molar-refractivity contribution is 4.65. The van der Waals surface area contributed by atoms with Crippen molar-refractivity contribution in [3.8, 4) is 0 Å². The highest BCUT2D eigenvalue weighted by atomic mass is 16.5. The minimum Gasteiger partial charge on any atom is -0.396 e. The van der Waals surface area contributed by atoms with Gasteiger partial charge in [-0.3, -0.25) is 0 Å². The van der Waals surface area contributed by atoms with Crippen molar-refractivity contribution in [1.82, 2.24) is 5.32 Å². The van der Waals surface area contributed by atoms with Crippen molar-refractivity contribution >= 4 is 0 Å². The largest absolute Gasteiger partial charge is 0.396 e. The minimum absolute atomic E-state index is 0.340. The lowest BCUT2D eigenvalue weighted by atomic mass is 10.2. The van der Waals surface area contributed by atoms with Crippen molar-refractivity contribution in [3.05, 3.63) is 0 Å². The van der Waals surface area contributed by atoms with Crippen molar-refractivity contribution < 1.29 is 9.84 Å². The smallest absolute Gasteiger partial charge is 0.0588 e. The van der Waals surface area contributed by atoms with Gasteiger partial charge < -0.3 is 15.2 Å². The lowest BCUT2D eigenvalue weighted by Crippen LogP contribution is -2.21. The average molecular weight is 215 g/mol. The Kier molecular flexibility index (Phi) is 7.88. The van der Waals surface area contributed by atoms with Crippen LogP contribution in [0.1, 0.15) is 44.9 Å². The summed E-state index contributed by atoms with van der Waals surface area (Å²) in [7, 11) is 0. The van der Waals surface area contributed by atoms with E-state index in [1.807, 2.05) is 0 Å². The molecule has 0 bridgehead atoms. The molecule has 0 radical (unpaired) electrons. The monoisotopic (exact) mass is 215 g/mol. The van der Waals surface area contributed by atoms with Crippen LogP contribution in [-0.4, -0.2) is 37.5 Å². The van der Waals surface area contributed by atoms with Crippen molar-refractivity contribution in [1.29, 1.82) is 0 Å². The number of aliphatic hydroxyl groups excluding tert-OH is 1. The zero-order valence-electron chi connectivity index (χ0n) is 9.71. The van der Waals surface area contributed by atoms with Gasteiger partial charge in [0.15, 0.2) is 0 Å². The van der Waals surface area contributed by atoms with Gasteiger partial charge >= 0.3 is 0 Å². The molecule has 1 rings (SSSR count). The van der Waals surface area contributed by atoms with Crippen LogP contribution in [0.5, 0.6) is 0 Å². The number of nitrogens with one attached hydrogen (secondary N) is 1. The summed E-state index contributed by atoms with van der Waals surface area (Å²) in [6.45, 7) is 3.50. The molecule has 1 heterocycles. The molecule has 1 saturated heterocycles. The second-order valence-corrected chi connectivity index (χ2v) is 4.31. The van der Waals surface area contributed by atoms with Crippen molar-refractivity contribution in [2.75, 3.05) is 26.3 Å². The van der Waals surface area contributed by atoms with Crippen LogP contribution in [0.25, 0.3) is 0 Å². The third kappa shape index (κ3) is 6.88. The standard InChI is InChI=1S/C12H25NO2/c14-10-4-2-1-3-8-13-9-7-12-6-5-11-15-12/h12-14H,1-11H2. The number of rotatable bonds is 9. The minimum atomic E-state index is 0.340. The molecule has 90 valence electrons. The Hall–Kier alpha value is -0.120. The molecule has 0 aromatic rings. The van der Waals surface area contributed by atoms with Crippen LogP contribution in [0.2, 0.25) is 0 Å². The van der Waals surface area contributed by atoms with E-state index in [-0.39, 0.29) is 0 Å². The Morgan fingerprint density at radius 3 is 2.73 bits per heavy atom. The second kappa shape index (κ2) is 9.13. The number of hydrogen-bond acceptors (Lipinski definition) is 3. The normalized spacial score (nSPS) is 21.0. The average Bonchev–Trinajstić information content (AvgIpc) is 2.75. The molecule has 0 aliphatic carbocycles. The van der Waals surface area contributed by atoms with Gasteiger partial charge in [0.25, 0.3) is 0 Å². The molecule has 3 nitrogen and oxygen atoms in total. The maximum Gasteiger partial charge on any atom is 0.0588 e. The Labute approximate surface area is 93.2 Å². The third-order valence-corrected chi connectivity index (χ3v) is 2.93. The molecule has 1 aliphatic heterocycles. The van der Waals surface area contributed by atoms with Crippen molar-refractivity contribution in [2.24, 2.45) is 0 Å². The molecule has 2 N–H and O–H groups in total. The summed E-state index contributed by atoms with van der Waals surface area (Å²) in [5, 5.41) is 12.0. The Bertz CT molecular complexity index is 136. The fourth-order valence-corrected chi connectivity index (χ4v) is 1.98. The molecule has 0 aromatic carbocycles. The predicted molar refractivity (Wildman–Crippen MR) is 62.0 cm³/mol. The van der Waals surface area contributed by atoms with Crippen molar-refractivity contribution in [3.63, 3.8) is 0 Å². The topological polar surface area (TPSA) is 41.5 Å². The lowest BCUT2D eigenvalue weighted by molar-refractivity contribution is 0.104. The fraction of sp³-hybridized carbons (Fsp3) is 1.00. The van der Waals surface area contributed by atoms with E-state index in [1.54, 1.807) is 0 Å². The highest BCUT2D eigenvalue weighted by Crippen LogP contribution is 2.14. The summed E-state index contributed by atoms with van der Waals surface area (Å²) < 4.78 is 5.54. The number of hydrogen-bond donors (Lipinski definition) is 2. The van der Waals surface area contributed by atoms with E-state index in [1.165, 1.54) is 25.7 Å². The molecule has 1 aliphatic rings. The van der Waals surface area contributed by atoms with E-state index >= 15 is 0 Å². The molecule has 1 fully saturated rings. The van der Waals surface area contributed by atoms with Crippen molar-refractivity contribution in [2.45, 2.75) is 51.0 Å². The first-order chi connectivity index (χ1) is 7.43. The van der Waals surface area contributed by atoms with E-state index in [0.717, 1.165) is 39.0 Å². The van der Waals surface area contributed by atoms with Gasteiger partial charge in [0.05, 0.1) is 6.10 Å². The molecule has 0 amide bonds. The Balaban J connectivity index is 1.73. The Morgan fingerprint density at radius 1 is 1.13 bits per heavy atom. The SMILES string of the molecule is OCCCCCCNCCC1CCCO1. The first-order valence-electron chi connectivity index (χ1n) is 6.36. The number of unbranched alkanes of at least 4 members (excludes halogenated alkanes) is 3. The molecule has 0 saturated carbocycles. The fourth-order valence-electron chi connectivity index (χ4n) is 1.98. The van der Waals surface area contributed by atoms with Crippen LogP contribution in [0, 0.1) is 0 Å². The summed E-state index contributed by atoms with van der Waals surface area (Å²) in [4.78, 5) is 0. The van der Waals surface area contributed by atoms with Gasteiger partial charge in [0.2, 0.25) is 0 Å². The van der Waals surface area contributed by atoms with E-state index in [2.05, 4.69) is 5.32 Å². The second-order valence-electron chi connectivity index (χ2n) is 4.31. The molecule has 1 unspecified atom stereocenters. The summed E-state index contributed by atoms with van der Waals surface area (Å²) in [5.41, 5.74) is 0. The van der Waals surface area contributed by atoms with E-state index in [0.29, 0.717) is 12.7 Å². The van der Waals surface area contributed by atoms with Gasteiger partial charge in [-0.25, -0.2) is 0 Å². The highest BCUT2D eigenvalue weighted by Gasteiger charge is 2.13. The first-order valence-corrected chi connectivity index (χ1v) is 6.36. The third-order valence-electron chi connectivity index (χ3n) is 2.93.